The van der Waals surface area contributed by atoms with E-state index in [0.29, 0.717) is 0 Å². The summed E-state index contributed by atoms with van der Waals surface area (Å²) in [5, 5.41) is 7.24. The number of nitrogen functional groups attached to an aromatic ring is 1. The summed E-state index contributed by atoms with van der Waals surface area (Å²) in [6.45, 7) is 0. The summed E-state index contributed by atoms with van der Waals surface area (Å²) in [6, 6.07) is -3.28. The largest absolute Gasteiger partial charge is 1.00 e. The smallest absolute Gasteiger partial charge is 0.731 e. The molecule has 0 saturated carbocycles. The summed E-state index contributed by atoms with van der Waals surface area (Å²) in [5.74, 6) is -3.07. The number of hydrogen-bond acceptors (Lipinski definition) is 11. The molecule has 0 spiro atoms. The van der Waals surface area contributed by atoms with Crippen LogP contribution in [0.15, 0.2) is 10.5 Å². The molecule has 1 saturated heterocycles. The van der Waals surface area contributed by atoms with Gasteiger partial charge in [-0.05, 0) is 0 Å². The van der Waals surface area contributed by atoms with Crippen LogP contribution in [0.2, 0.25) is 0 Å². The van der Waals surface area contributed by atoms with E-state index in [-0.39, 0.29) is 50.4 Å². The second-order valence-corrected chi connectivity index (χ2v) is 7.55. The first-order chi connectivity index (χ1) is 12.5. The maximum Gasteiger partial charge on any atom is 1.00 e. The van der Waals surface area contributed by atoms with E-state index in [1.165, 1.54) is 26.6 Å². The number of carbonyl (C=O) groups excluding carboxylic acids is 3. The summed E-state index contributed by atoms with van der Waals surface area (Å²) >= 11 is 1.02. The SMILES string of the molecule is CON=C(C(=O)N[C@@H]1C(=O)N(S(=O)(=O)[O-])[C@@H]1C(=O)N(C)C)c1csc(N)n1.[Na+]. The molecule has 1 fully saturated rings. The van der Waals surface area contributed by atoms with Crippen molar-refractivity contribution >= 4 is 50.2 Å². The fourth-order valence-corrected chi connectivity index (χ4v) is 3.63. The van der Waals surface area contributed by atoms with Crippen molar-refractivity contribution in [3.05, 3.63) is 11.1 Å². The van der Waals surface area contributed by atoms with E-state index in [9.17, 15) is 27.4 Å². The number of anilines is 1. The number of nitrogens with zero attached hydrogens (tertiary/aromatic N) is 4. The molecular weight excluding hydrogens is 427 g/mol. The van der Waals surface area contributed by atoms with E-state index in [4.69, 9.17) is 5.73 Å². The average molecular weight is 442 g/mol. The molecule has 2 atom stereocenters. The minimum absolute atomic E-state index is 0. The summed E-state index contributed by atoms with van der Waals surface area (Å²) in [7, 11) is -1.47. The van der Waals surface area contributed by atoms with Crippen molar-refractivity contribution in [1.29, 1.82) is 0 Å². The molecule has 2 heterocycles. The Labute approximate surface area is 186 Å². The third kappa shape index (κ3) is 4.79. The maximum atomic E-state index is 12.5. The van der Waals surface area contributed by atoms with Crippen LogP contribution in [0.4, 0.5) is 5.13 Å². The van der Waals surface area contributed by atoms with E-state index < -0.39 is 40.1 Å². The van der Waals surface area contributed by atoms with E-state index >= 15 is 0 Å². The number of rotatable bonds is 6. The second-order valence-electron chi connectivity index (χ2n) is 5.41. The molecule has 16 heteroatoms. The van der Waals surface area contributed by atoms with E-state index in [1.54, 1.807) is 0 Å². The number of likely N-dealkylation sites (N-methyl/N-ethyl adjacent to an activating group) is 1. The molecule has 1 aliphatic rings. The predicted octanol–water partition coefficient (Wildman–Crippen LogP) is -5.68. The molecule has 0 unspecified atom stereocenters. The molecule has 13 nitrogen and oxygen atoms in total. The summed E-state index contributed by atoms with van der Waals surface area (Å²) < 4.78 is 33.6. The van der Waals surface area contributed by atoms with E-state index in [0.717, 1.165) is 16.2 Å². The third-order valence-electron chi connectivity index (χ3n) is 3.44. The first-order valence-electron chi connectivity index (χ1n) is 7.12. The van der Waals surface area contributed by atoms with Crippen molar-refractivity contribution in [2.75, 3.05) is 26.9 Å². The average Bonchev–Trinajstić information content (AvgIpc) is 2.98. The third-order valence-corrected chi connectivity index (χ3v) is 5.00. The molecule has 28 heavy (non-hydrogen) atoms. The van der Waals surface area contributed by atoms with Gasteiger partial charge in [-0.3, -0.25) is 14.4 Å². The van der Waals surface area contributed by atoms with Gasteiger partial charge in [0.05, 0.1) is 0 Å². The van der Waals surface area contributed by atoms with Gasteiger partial charge < -0.3 is 25.3 Å². The standard InChI is InChI=1S/C12H16N6O7S2.Na/c1-17(2)11(21)8-7(10(20)18(8)27(22,23)24)15-9(19)6(16-25-3)5-4-26-12(13)14-5;/h4,7-8H,1-3H3,(H2,13,14)(H,15,19)(H,22,23,24);/q;+1/p-1/t7-,8-;/m0./s1. The van der Waals surface area contributed by atoms with Crippen LogP contribution in [0.5, 0.6) is 0 Å². The summed E-state index contributed by atoms with van der Waals surface area (Å²) in [5.41, 5.74) is 5.20. The van der Waals surface area contributed by atoms with Crippen molar-refractivity contribution in [3.8, 4) is 0 Å². The number of hydrogen-bond donors (Lipinski definition) is 2. The number of nitrogens with one attached hydrogen (secondary N) is 1. The normalized spacial score (nSPS) is 19.4. The minimum Gasteiger partial charge on any atom is -0.731 e. The molecule has 3 amide bonds. The van der Waals surface area contributed by atoms with Crippen molar-refractivity contribution in [2.24, 2.45) is 5.16 Å². The molecule has 0 radical (unpaired) electrons. The Kier molecular flexibility index (Phi) is 7.92. The van der Waals surface area contributed by atoms with Gasteiger partial charge in [-0.2, -0.15) is 0 Å². The van der Waals surface area contributed by atoms with Crippen LogP contribution in [-0.2, 0) is 29.5 Å². The number of nitrogens with two attached hydrogens (primary N) is 1. The molecule has 0 bridgehead atoms. The zero-order chi connectivity index (χ0) is 20.5. The van der Waals surface area contributed by atoms with Gasteiger partial charge in [0, 0.05) is 19.5 Å². The van der Waals surface area contributed by atoms with Crippen LogP contribution in [0.1, 0.15) is 5.69 Å². The Morgan fingerprint density at radius 1 is 1.46 bits per heavy atom. The van der Waals surface area contributed by atoms with Crippen LogP contribution in [0.3, 0.4) is 0 Å². The Hall–Kier alpha value is -1.78. The molecular formula is C12H15N6NaO7S2. The number of oxime groups is 1. The first kappa shape index (κ1) is 24.3. The quantitative estimate of drug-likeness (QED) is 0.142. The fraction of sp³-hybridized carbons (Fsp3) is 0.417. The van der Waals surface area contributed by atoms with Gasteiger partial charge in [0.25, 0.3) is 11.8 Å². The zero-order valence-electron chi connectivity index (χ0n) is 15.3. The Morgan fingerprint density at radius 3 is 2.50 bits per heavy atom. The van der Waals surface area contributed by atoms with Crippen LogP contribution < -0.4 is 40.6 Å². The van der Waals surface area contributed by atoms with Gasteiger partial charge in [0.15, 0.2) is 27.2 Å². The number of carbonyl (C=O) groups is 3. The number of amides is 3. The molecule has 1 aromatic heterocycles. The molecule has 0 aromatic carbocycles. The van der Waals surface area contributed by atoms with Crippen molar-refractivity contribution in [1.82, 2.24) is 19.5 Å². The van der Waals surface area contributed by atoms with Crippen molar-refractivity contribution in [3.63, 3.8) is 0 Å². The molecule has 2 rings (SSSR count). The summed E-state index contributed by atoms with van der Waals surface area (Å²) in [4.78, 5) is 46.1. The Balaban J connectivity index is 0.00000392. The van der Waals surface area contributed by atoms with Gasteiger partial charge in [0.1, 0.15) is 18.8 Å². The van der Waals surface area contributed by atoms with Gasteiger partial charge in [-0.25, -0.2) is 17.7 Å². The van der Waals surface area contributed by atoms with Gasteiger partial charge in [-0.15, -0.1) is 11.3 Å². The zero-order valence-corrected chi connectivity index (χ0v) is 18.9. The van der Waals surface area contributed by atoms with E-state index in [2.05, 4.69) is 20.3 Å². The van der Waals surface area contributed by atoms with Crippen LogP contribution in [-0.4, -0.2) is 83.9 Å². The second kappa shape index (κ2) is 9.15. The van der Waals surface area contributed by atoms with Crippen LogP contribution in [0.25, 0.3) is 0 Å². The molecule has 1 aromatic rings. The fourth-order valence-electron chi connectivity index (χ4n) is 2.26. The van der Waals surface area contributed by atoms with Crippen molar-refractivity contribution < 1.29 is 61.7 Å². The molecule has 1 aliphatic heterocycles. The number of β-lactam (4-membered cyclic amide) rings is 1. The predicted molar refractivity (Wildman–Crippen MR) is 91.0 cm³/mol. The molecule has 148 valence electrons. The minimum atomic E-state index is -5.24. The van der Waals surface area contributed by atoms with Crippen LogP contribution in [0, 0.1) is 0 Å². The van der Waals surface area contributed by atoms with Gasteiger partial charge in [0.2, 0.25) is 5.91 Å². The Morgan fingerprint density at radius 2 is 2.07 bits per heavy atom. The van der Waals surface area contributed by atoms with Crippen molar-refractivity contribution in [2.45, 2.75) is 12.1 Å². The number of aromatic nitrogens is 1. The Bertz CT molecular complexity index is 915. The molecule has 0 aliphatic carbocycles. The number of thiazole rings is 1. The van der Waals surface area contributed by atoms with Crippen LogP contribution >= 0.6 is 11.3 Å². The topological polar surface area (TPSA) is 187 Å². The first-order valence-corrected chi connectivity index (χ1v) is 9.37. The van der Waals surface area contributed by atoms with Gasteiger partial charge in [-0.1, -0.05) is 5.16 Å². The van der Waals surface area contributed by atoms with Gasteiger partial charge >= 0.3 is 29.6 Å². The molecule has 3 N–H and O–H groups in total. The maximum absolute atomic E-state index is 12.5. The monoisotopic (exact) mass is 442 g/mol. The van der Waals surface area contributed by atoms with E-state index in [1.807, 2.05) is 0 Å². The summed E-state index contributed by atoms with van der Waals surface area (Å²) in [6.07, 6.45) is 0.